The Morgan fingerprint density at radius 3 is 1.95 bits per heavy atom. The van der Waals surface area contributed by atoms with E-state index in [0.29, 0.717) is 0 Å². The smallest absolute Gasteiger partial charge is 0.231 e. The Hall–Kier alpha value is -4.58. The van der Waals surface area contributed by atoms with Crippen LogP contribution in [-0.4, -0.2) is 16.0 Å². The molecule has 43 heavy (non-hydrogen) atoms. The Balaban J connectivity index is 1.31. The van der Waals surface area contributed by atoms with Crippen molar-refractivity contribution in [2.75, 3.05) is 4.90 Å². The molecule has 1 aliphatic carbocycles. The Morgan fingerprint density at radius 1 is 0.605 bits per heavy atom. The van der Waals surface area contributed by atoms with Gasteiger partial charge in [0.05, 0.1) is 23.1 Å². The molecule has 0 spiro atoms. The van der Waals surface area contributed by atoms with E-state index in [1.807, 2.05) is 23.5 Å². The van der Waals surface area contributed by atoms with Crippen molar-refractivity contribution in [1.82, 2.24) is 9.97 Å². The van der Waals surface area contributed by atoms with Crippen LogP contribution in [0.1, 0.15) is 11.5 Å². The molecule has 5 heteroatoms. The maximum absolute atomic E-state index is 5.34. The monoisotopic (exact) mass is 587 g/mol. The number of allylic oxidation sites excluding steroid dienone is 1. The first-order valence-electron chi connectivity index (χ1n) is 14.5. The Morgan fingerprint density at radius 2 is 1.23 bits per heavy atom. The highest BCUT2D eigenvalue weighted by atomic mass is 32.2. The molecule has 0 amide bonds. The third-order valence-electron chi connectivity index (χ3n) is 8.47. The van der Waals surface area contributed by atoms with E-state index >= 15 is 0 Å². The number of nitrogens with zero attached hydrogens (tertiary/aromatic N) is 3. The molecule has 0 radical (unpaired) electrons. The average Bonchev–Trinajstić information content (AvgIpc) is 3.43. The van der Waals surface area contributed by atoms with E-state index in [4.69, 9.17) is 9.97 Å². The number of aromatic nitrogens is 2. The molecule has 3 nitrogen and oxygen atoms in total. The Labute approximate surface area is 259 Å². The predicted molar refractivity (Wildman–Crippen MR) is 180 cm³/mol. The molecule has 5 aromatic carbocycles. The SMILES string of the molecule is C1=CC2c3ccc4ccccc4c3N(c3nc(-c4ccccc4)cc(-c4ccccc4)n3)C2C2=C1Sc1ccccc1S2. The van der Waals surface area contributed by atoms with Crippen molar-refractivity contribution in [1.29, 1.82) is 0 Å². The summed E-state index contributed by atoms with van der Waals surface area (Å²) in [4.78, 5) is 18.4. The fourth-order valence-corrected chi connectivity index (χ4v) is 9.03. The second-order valence-corrected chi connectivity index (χ2v) is 13.1. The van der Waals surface area contributed by atoms with Gasteiger partial charge in [-0.15, -0.1) is 0 Å². The van der Waals surface area contributed by atoms with Crippen LogP contribution in [0, 0.1) is 0 Å². The van der Waals surface area contributed by atoms with Gasteiger partial charge in [0, 0.05) is 42.0 Å². The summed E-state index contributed by atoms with van der Waals surface area (Å²) in [6.07, 6.45) is 4.74. The van der Waals surface area contributed by atoms with Gasteiger partial charge < -0.3 is 4.90 Å². The molecule has 0 N–H and O–H groups in total. The van der Waals surface area contributed by atoms with Gasteiger partial charge in [0.25, 0.3) is 0 Å². The average molecular weight is 588 g/mol. The van der Waals surface area contributed by atoms with E-state index in [1.54, 1.807) is 0 Å². The standard InChI is InChI=1S/C38H25N3S2/c1-3-12-25(13-4-1)30-23-31(26-14-5-2-6-15-26)40-38(39-30)41-35-27-16-8-7-11-24(27)19-20-28(35)29-21-22-34-37(36(29)41)43-33-18-10-9-17-32(33)42-34/h1-23,29,36H. The summed E-state index contributed by atoms with van der Waals surface area (Å²) in [5, 5.41) is 2.45. The summed E-state index contributed by atoms with van der Waals surface area (Å²) >= 11 is 3.78. The normalized spacial score (nSPS) is 18.3. The van der Waals surface area contributed by atoms with Crippen LogP contribution in [0.2, 0.25) is 0 Å². The molecule has 2 atom stereocenters. The minimum atomic E-state index is 0.0568. The zero-order valence-electron chi connectivity index (χ0n) is 23.1. The van der Waals surface area contributed by atoms with Crippen molar-refractivity contribution in [2.24, 2.45) is 0 Å². The van der Waals surface area contributed by atoms with Crippen LogP contribution < -0.4 is 4.90 Å². The summed E-state index contributed by atoms with van der Waals surface area (Å²) in [7, 11) is 0. The predicted octanol–water partition coefficient (Wildman–Crippen LogP) is 10.2. The van der Waals surface area contributed by atoms with Crippen molar-refractivity contribution >= 4 is 45.9 Å². The number of hydrogen-bond donors (Lipinski definition) is 0. The highest BCUT2D eigenvalue weighted by Gasteiger charge is 2.46. The summed E-state index contributed by atoms with van der Waals surface area (Å²) in [5.74, 6) is 0.929. The summed E-state index contributed by atoms with van der Waals surface area (Å²) in [5.41, 5.74) is 6.54. The van der Waals surface area contributed by atoms with E-state index < -0.39 is 0 Å². The highest BCUT2D eigenvalue weighted by molar-refractivity contribution is 8.09. The van der Waals surface area contributed by atoms with Crippen LogP contribution in [0.25, 0.3) is 33.3 Å². The number of thioether (sulfide) groups is 2. The molecule has 9 rings (SSSR count). The Kier molecular flexibility index (Phi) is 5.81. The molecular weight excluding hydrogens is 563 g/mol. The van der Waals surface area contributed by atoms with Crippen molar-refractivity contribution < 1.29 is 0 Å². The molecule has 0 bridgehead atoms. The molecule has 0 saturated heterocycles. The molecular formula is C38H25N3S2. The Bertz CT molecular complexity index is 2050. The minimum Gasteiger partial charge on any atom is -0.301 e. The maximum atomic E-state index is 5.34. The quantitative estimate of drug-likeness (QED) is 0.205. The van der Waals surface area contributed by atoms with Crippen LogP contribution in [0.3, 0.4) is 0 Å². The molecule has 1 aromatic heterocycles. The van der Waals surface area contributed by atoms with E-state index in [-0.39, 0.29) is 12.0 Å². The largest absolute Gasteiger partial charge is 0.301 e. The number of rotatable bonds is 3. The number of benzene rings is 5. The van der Waals surface area contributed by atoms with Crippen LogP contribution in [-0.2, 0) is 0 Å². The zero-order valence-corrected chi connectivity index (χ0v) is 24.7. The van der Waals surface area contributed by atoms with Crippen molar-refractivity contribution in [3.8, 4) is 22.5 Å². The molecule has 2 aliphatic heterocycles. The van der Waals surface area contributed by atoms with Crippen LogP contribution in [0.4, 0.5) is 11.6 Å². The molecule has 0 fully saturated rings. The maximum Gasteiger partial charge on any atom is 0.231 e. The fourth-order valence-electron chi connectivity index (χ4n) is 6.52. The summed E-state index contributed by atoms with van der Waals surface area (Å²) in [6.45, 7) is 0. The first-order chi connectivity index (χ1) is 21.3. The third kappa shape index (κ3) is 4.07. The summed E-state index contributed by atoms with van der Waals surface area (Å²) in [6, 6.07) is 45.1. The van der Waals surface area contributed by atoms with Gasteiger partial charge in [0.1, 0.15) is 0 Å². The van der Waals surface area contributed by atoms with E-state index in [1.165, 1.54) is 41.6 Å². The van der Waals surface area contributed by atoms with E-state index in [0.717, 1.165) is 28.5 Å². The van der Waals surface area contributed by atoms with Crippen LogP contribution in [0.15, 0.2) is 159 Å². The van der Waals surface area contributed by atoms with Crippen LogP contribution >= 0.6 is 23.5 Å². The van der Waals surface area contributed by atoms with Gasteiger partial charge in [-0.05, 0) is 29.1 Å². The molecule has 3 aliphatic rings. The van der Waals surface area contributed by atoms with E-state index in [9.17, 15) is 0 Å². The lowest BCUT2D eigenvalue weighted by atomic mass is 9.90. The molecule has 2 unspecified atom stereocenters. The lowest BCUT2D eigenvalue weighted by molar-refractivity contribution is 0.719. The number of hydrogen-bond acceptors (Lipinski definition) is 5. The van der Waals surface area contributed by atoms with Gasteiger partial charge in [0.2, 0.25) is 5.95 Å². The molecule has 6 aromatic rings. The van der Waals surface area contributed by atoms with Gasteiger partial charge in [-0.3, -0.25) is 0 Å². The van der Waals surface area contributed by atoms with Gasteiger partial charge in [-0.2, -0.15) is 0 Å². The molecule has 3 heterocycles. The second-order valence-electron chi connectivity index (χ2n) is 11.0. The molecule has 204 valence electrons. The molecule has 0 saturated carbocycles. The van der Waals surface area contributed by atoms with E-state index in [2.05, 4.69) is 144 Å². The first kappa shape index (κ1) is 25.0. The highest BCUT2D eigenvalue weighted by Crippen LogP contribution is 2.59. The third-order valence-corrected chi connectivity index (χ3v) is 11.1. The van der Waals surface area contributed by atoms with Crippen LogP contribution in [0.5, 0.6) is 0 Å². The first-order valence-corrected chi connectivity index (χ1v) is 16.1. The number of anilines is 2. The van der Waals surface area contributed by atoms with Gasteiger partial charge in [-0.25, -0.2) is 9.97 Å². The van der Waals surface area contributed by atoms with Gasteiger partial charge in [-0.1, -0.05) is 145 Å². The number of fused-ring (bicyclic) bond motifs is 7. The lowest BCUT2D eigenvalue weighted by Crippen LogP contribution is -2.34. The van der Waals surface area contributed by atoms with Crippen molar-refractivity contribution in [3.63, 3.8) is 0 Å². The van der Waals surface area contributed by atoms with Crippen molar-refractivity contribution in [3.05, 3.63) is 155 Å². The zero-order chi connectivity index (χ0) is 28.3. The van der Waals surface area contributed by atoms with Crippen molar-refractivity contribution in [2.45, 2.75) is 21.8 Å². The fraction of sp³-hybridized carbons (Fsp3) is 0.0526. The minimum absolute atomic E-state index is 0.0568. The second kappa shape index (κ2) is 10.0. The summed E-state index contributed by atoms with van der Waals surface area (Å²) < 4.78 is 0. The van der Waals surface area contributed by atoms with Gasteiger partial charge >= 0.3 is 0 Å². The van der Waals surface area contributed by atoms with Gasteiger partial charge in [0.15, 0.2) is 0 Å². The topological polar surface area (TPSA) is 29.0 Å². The lowest BCUT2D eigenvalue weighted by Gasteiger charge is -2.35.